The van der Waals surface area contributed by atoms with Crippen LogP contribution < -0.4 is 5.43 Å². The summed E-state index contributed by atoms with van der Waals surface area (Å²) < 4.78 is 0.968. The molecular formula is C15H11BrN4O. The molecular weight excluding hydrogens is 332 g/mol. The summed E-state index contributed by atoms with van der Waals surface area (Å²) in [5.74, 6) is -0.289. The molecule has 0 aliphatic heterocycles. The van der Waals surface area contributed by atoms with Gasteiger partial charge in [0.2, 0.25) is 0 Å². The number of nitrogens with one attached hydrogen (secondary N) is 2. The molecule has 1 aromatic carbocycles. The van der Waals surface area contributed by atoms with Gasteiger partial charge in [-0.05, 0) is 30.3 Å². The Morgan fingerprint density at radius 2 is 2.24 bits per heavy atom. The summed E-state index contributed by atoms with van der Waals surface area (Å²) in [5.41, 5.74) is 4.67. The van der Waals surface area contributed by atoms with Crippen LogP contribution in [0.3, 0.4) is 0 Å². The molecule has 0 fully saturated rings. The third kappa shape index (κ3) is 3.17. The first-order chi connectivity index (χ1) is 10.2. The van der Waals surface area contributed by atoms with Crippen molar-refractivity contribution < 1.29 is 4.79 Å². The standard InChI is InChI=1S/C15H11BrN4O/c16-12-3-4-13-11(6-12)7-14(19-13)15(21)20-18-9-10-2-1-5-17-8-10/h1-9,19H,(H,20,21). The van der Waals surface area contributed by atoms with Gasteiger partial charge < -0.3 is 4.98 Å². The van der Waals surface area contributed by atoms with Gasteiger partial charge in [-0.1, -0.05) is 22.0 Å². The van der Waals surface area contributed by atoms with E-state index in [9.17, 15) is 4.79 Å². The zero-order valence-corrected chi connectivity index (χ0v) is 12.5. The number of benzene rings is 1. The molecule has 6 heteroatoms. The lowest BCUT2D eigenvalue weighted by molar-refractivity contribution is 0.0951. The van der Waals surface area contributed by atoms with E-state index in [0.29, 0.717) is 5.69 Å². The zero-order valence-electron chi connectivity index (χ0n) is 10.9. The number of hydrogen-bond donors (Lipinski definition) is 2. The van der Waals surface area contributed by atoms with Gasteiger partial charge in [0.05, 0.1) is 6.21 Å². The number of carbonyl (C=O) groups excluding carboxylic acids is 1. The van der Waals surface area contributed by atoms with E-state index in [4.69, 9.17) is 0 Å². The number of rotatable bonds is 3. The molecule has 3 aromatic rings. The van der Waals surface area contributed by atoms with E-state index in [1.807, 2.05) is 24.3 Å². The average molecular weight is 343 g/mol. The predicted octanol–water partition coefficient (Wildman–Crippen LogP) is 3.09. The second-order valence-electron chi connectivity index (χ2n) is 4.40. The second kappa shape index (κ2) is 5.88. The number of carbonyl (C=O) groups is 1. The van der Waals surface area contributed by atoms with Crippen molar-refractivity contribution in [3.8, 4) is 0 Å². The van der Waals surface area contributed by atoms with Gasteiger partial charge in [0.15, 0.2) is 0 Å². The first-order valence-electron chi connectivity index (χ1n) is 6.24. The number of aromatic nitrogens is 2. The van der Waals surface area contributed by atoms with Gasteiger partial charge >= 0.3 is 0 Å². The maximum Gasteiger partial charge on any atom is 0.287 e. The summed E-state index contributed by atoms with van der Waals surface area (Å²) in [6.45, 7) is 0. The van der Waals surface area contributed by atoms with Crippen molar-refractivity contribution in [1.29, 1.82) is 0 Å². The van der Waals surface area contributed by atoms with E-state index < -0.39 is 0 Å². The molecule has 0 saturated carbocycles. The number of hydrogen-bond acceptors (Lipinski definition) is 3. The largest absolute Gasteiger partial charge is 0.350 e. The number of halogens is 1. The van der Waals surface area contributed by atoms with E-state index in [1.54, 1.807) is 30.7 Å². The third-order valence-corrected chi connectivity index (χ3v) is 3.38. The van der Waals surface area contributed by atoms with Gasteiger partial charge in [-0.15, -0.1) is 0 Å². The molecule has 5 nitrogen and oxygen atoms in total. The van der Waals surface area contributed by atoms with E-state index in [1.165, 1.54) is 0 Å². The summed E-state index contributed by atoms with van der Waals surface area (Å²) in [7, 11) is 0. The third-order valence-electron chi connectivity index (χ3n) is 2.89. The molecule has 0 atom stereocenters. The molecule has 104 valence electrons. The molecule has 0 saturated heterocycles. The van der Waals surface area contributed by atoms with Crippen LogP contribution in [-0.2, 0) is 0 Å². The lowest BCUT2D eigenvalue weighted by atomic mass is 10.2. The van der Waals surface area contributed by atoms with Crippen LogP contribution in [0.2, 0.25) is 0 Å². The minimum Gasteiger partial charge on any atom is -0.350 e. The minimum atomic E-state index is -0.289. The molecule has 3 rings (SSSR count). The topological polar surface area (TPSA) is 70.1 Å². The highest BCUT2D eigenvalue weighted by molar-refractivity contribution is 9.10. The normalized spacial score (nSPS) is 11.1. The van der Waals surface area contributed by atoms with Gasteiger partial charge in [-0.25, -0.2) is 5.43 Å². The van der Waals surface area contributed by atoms with Gasteiger partial charge in [0.1, 0.15) is 5.69 Å². The lowest BCUT2D eigenvalue weighted by Crippen LogP contribution is -2.17. The first kappa shape index (κ1) is 13.5. The maximum atomic E-state index is 12.0. The van der Waals surface area contributed by atoms with Crippen molar-refractivity contribution in [2.24, 2.45) is 5.10 Å². The van der Waals surface area contributed by atoms with Crippen molar-refractivity contribution in [2.75, 3.05) is 0 Å². The Hall–Kier alpha value is -2.47. The van der Waals surface area contributed by atoms with Gasteiger partial charge in [-0.3, -0.25) is 9.78 Å². The molecule has 0 aliphatic carbocycles. The first-order valence-corrected chi connectivity index (χ1v) is 7.03. The molecule has 2 aromatic heterocycles. The number of amides is 1. The quantitative estimate of drug-likeness (QED) is 0.567. The van der Waals surface area contributed by atoms with Crippen molar-refractivity contribution >= 4 is 39.0 Å². The summed E-state index contributed by atoms with van der Waals surface area (Å²) in [6, 6.07) is 11.2. The Morgan fingerprint density at radius 3 is 3.05 bits per heavy atom. The van der Waals surface area contributed by atoms with E-state index in [0.717, 1.165) is 20.9 Å². The Morgan fingerprint density at radius 1 is 1.33 bits per heavy atom. The van der Waals surface area contributed by atoms with Gasteiger partial charge in [0, 0.05) is 33.3 Å². The number of hydrazone groups is 1. The zero-order chi connectivity index (χ0) is 14.7. The van der Waals surface area contributed by atoms with Gasteiger partial charge in [-0.2, -0.15) is 5.10 Å². The highest BCUT2D eigenvalue weighted by Gasteiger charge is 2.08. The summed E-state index contributed by atoms with van der Waals surface area (Å²) in [4.78, 5) is 19.0. The Balaban J connectivity index is 1.73. The monoisotopic (exact) mass is 342 g/mol. The SMILES string of the molecule is O=C(NN=Cc1cccnc1)c1cc2cc(Br)ccc2[nH]1. The molecule has 21 heavy (non-hydrogen) atoms. The van der Waals surface area contributed by atoms with Crippen molar-refractivity contribution in [3.63, 3.8) is 0 Å². The highest BCUT2D eigenvalue weighted by atomic mass is 79.9. The molecule has 0 bridgehead atoms. The molecule has 0 aliphatic rings. The Labute approximate surface area is 129 Å². The second-order valence-corrected chi connectivity index (χ2v) is 5.32. The molecule has 2 heterocycles. The summed E-state index contributed by atoms with van der Waals surface area (Å²) in [6.07, 6.45) is 4.89. The van der Waals surface area contributed by atoms with Crippen LogP contribution >= 0.6 is 15.9 Å². The predicted molar refractivity (Wildman–Crippen MR) is 85.3 cm³/mol. The molecule has 0 radical (unpaired) electrons. The molecule has 0 spiro atoms. The van der Waals surface area contributed by atoms with Crippen LogP contribution in [0.4, 0.5) is 0 Å². The van der Waals surface area contributed by atoms with Crippen molar-refractivity contribution in [1.82, 2.24) is 15.4 Å². The van der Waals surface area contributed by atoms with Crippen LogP contribution in [0.5, 0.6) is 0 Å². The molecule has 1 amide bonds. The van der Waals surface area contributed by atoms with E-state index in [-0.39, 0.29) is 5.91 Å². The van der Waals surface area contributed by atoms with E-state index >= 15 is 0 Å². The van der Waals surface area contributed by atoms with Crippen LogP contribution in [-0.4, -0.2) is 22.1 Å². The highest BCUT2D eigenvalue weighted by Crippen LogP contribution is 2.20. The average Bonchev–Trinajstić information content (AvgIpc) is 2.91. The molecule has 2 N–H and O–H groups in total. The molecule has 0 unspecified atom stereocenters. The smallest absolute Gasteiger partial charge is 0.287 e. The van der Waals surface area contributed by atoms with Crippen molar-refractivity contribution in [3.05, 3.63) is 64.5 Å². The summed E-state index contributed by atoms with van der Waals surface area (Å²) >= 11 is 3.40. The fraction of sp³-hybridized carbons (Fsp3) is 0. The Kier molecular flexibility index (Phi) is 3.79. The van der Waals surface area contributed by atoms with E-state index in [2.05, 4.69) is 36.4 Å². The summed E-state index contributed by atoms with van der Waals surface area (Å²) in [5, 5.41) is 4.88. The number of nitrogens with zero attached hydrogens (tertiary/aromatic N) is 2. The van der Waals surface area contributed by atoms with Gasteiger partial charge in [0.25, 0.3) is 5.91 Å². The van der Waals surface area contributed by atoms with Crippen LogP contribution in [0, 0.1) is 0 Å². The number of fused-ring (bicyclic) bond motifs is 1. The maximum absolute atomic E-state index is 12.0. The van der Waals surface area contributed by atoms with Crippen LogP contribution in [0.25, 0.3) is 10.9 Å². The number of aromatic amines is 1. The lowest BCUT2D eigenvalue weighted by Gasteiger charge is -1.95. The fourth-order valence-corrected chi connectivity index (χ4v) is 2.28. The Bertz CT molecular complexity index is 811. The number of pyridine rings is 1. The van der Waals surface area contributed by atoms with Crippen LogP contribution in [0.1, 0.15) is 16.1 Å². The number of H-pyrrole nitrogens is 1. The van der Waals surface area contributed by atoms with Crippen LogP contribution in [0.15, 0.2) is 58.4 Å². The minimum absolute atomic E-state index is 0.289. The fourth-order valence-electron chi connectivity index (χ4n) is 1.90. The van der Waals surface area contributed by atoms with Crippen molar-refractivity contribution in [2.45, 2.75) is 0 Å².